The molecule has 0 unspecified atom stereocenters. The molecular weight excluding hydrogens is 248 g/mol. The molecule has 0 aliphatic heterocycles. The quantitative estimate of drug-likeness (QED) is 0.462. The van der Waals surface area contributed by atoms with Crippen LogP contribution in [0.4, 0.5) is 0 Å². The minimum atomic E-state index is 0.566. The van der Waals surface area contributed by atoms with Crippen LogP contribution in [0.5, 0.6) is 0 Å². The first kappa shape index (κ1) is 14.4. The molecule has 4 nitrogen and oxygen atoms in total. The van der Waals surface area contributed by atoms with Crippen molar-refractivity contribution < 1.29 is 0 Å². The van der Waals surface area contributed by atoms with Crippen LogP contribution in [0.3, 0.4) is 0 Å². The predicted molar refractivity (Wildman–Crippen MR) is 86.0 cm³/mol. The van der Waals surface area contributed by atoms with Crippen LogP contribution in [0.15, 0.2) is 41.5 Å². The van der Waals surface area contributed by atoms with Crippen molar-refractivity contribution in [3.8, 4) is 0 Å². The van der Waals surface area contributed by atoms with E-state index < -0.39 is 0 Å². The third-order valence-electron chi connectivity index (χ3n) is 3.36. The summed E-state index contributed by atoms with van der Waals surface area (Å²) in [6.45, 7) is 4.81. The normalized spacial score (nSPS) is 11.9. The van der Waals surface area contributed by atoms with Crippen molar-refractivity contribution in [1.82, 2.24) is 9.88 Å². The smallest absolute Gasteiger partial charge is 0.188 e. The average Bonchev–Trinajstić information content (AvgIpc) is 2.87. The van der Waals surface area contributed by atoms with E-state index in [1.54, 1.807) is 0 Å². The Bertz CT molecular complexity index is 556. The summed E-state index contributed by atoms with van der Waals surface area (Å²) in [7, 11) is 0. The molecule has 3 N–H and O–H groups in total. The average molecular weight is 272 g/mol. The number of hydrogen-bond donors (Lipinski definition) is 2. The Morgan fingerprint density at radius 2 is 2.10 bits per heavy atom. The van der Waals surface area contributed by atoms with Gasteiger partial charge in [0.2, 0.25) is 0 Å². The van der Waals surface area contributed by atoms with E-state index in [4.69, 9.17) is 5.73 Å². The summed E-state index contributed by atoms with van der Waals surface area (Å²) < 4.78 is 2.27. The molecule has 108 valence electrons. The second-order valence-electron chi connectivity index (χ2n) is 4.97. The maximum absolute atomic E-state index is 5.80. The van der Waals surface area contributed by atoms with Crippen molar-refractivity contribution >= 4 is 16.9 Å². The fourth-order valence-corrected chi connectivity index (χ4v) is 2.23. The standard InChI is InChI=1S/C16H24N4/c1-2-3-10-18-16(17)19-11-6-12-20-13-9-14-7-4-5-8-15(14)20/h4-5,7-9,13H,2-3,6,10-12H2,1H3,(H3,17,18,19). The Morgan fingerprint density at radius 1 is 1.25 bits per heavy atom. The molecule has 0 saturated carbocycles. The van der Waals surface area contributed by atoms with E-state index >= 15 is 0 Å². The van der Waals surface area contributed by atoms with Gasteiger partial charge in [-0.3, -0.25) is 4.99 Å². The summed E-state index contributed by atoms with van der Waals surface area (Å²) in [5.74, 6) is 0.566. The number of benzene rings is 1. The molecule has 2 rings (SSSR count). The molecule has 1 heterocycles. The van der Waals surface area contributed by atoms with Gasteiger partial charge in [-0.25, -0.2) is 0 Å². The summed E-state index contributed by atoms with van der Waals surface area (Å²) in [5.41, 5.74) is 7.08. The molecule has 0 fully saturated rings. The number of nitrogens with zero attached hydrogens (tertiary/aromatic N) is 2. The van der Waals surface area contributed by atoms with Crippen LogP contribution in [0, 0.1) is 0 Å². The van der Waals surface area contributed by atoms with Gasteiger partial charge in [0.1, 0.15) is 0 Å². The summed E-state index contributed by atoms with van der Waals surface area (Å²) in [5, 5.41) is 4.42. The molecule has 1 aromatic heterocycles. The number of guanidine groups is 1. The Kier molecular flexibility index (Phi) is 5.47. The summed E-state index contributed by atoms with van der Waals surface area (Å²) in [6.07, 6.45) is 5.43. The van der Waals surface area contributed by atoms with Crippen LogP contribution in [-0.2, 0) is 6.54 Å². The van der Waals surface area contributed by atoms with Gasteiger partial charge in [-0.05, 0) is 30.4 Å². The number of aliphatic imine (C=N–C) groups is 1. The number of nitrogens with one attached hydrogen (secondary N) is 1. The third kappa shape index (κ3) is 4.02. The minimum Gasteiger partial charge on any atom is -0.370 e. The number of aromatic nitrogens is 1. The minimum absolute atomic E-state index is 0.566. The van der Waals surface area contributed by atoms with E-state index in [1.165, 1.54) is 17.3 Å². The molecule has 0 atom stereocenters. The van der Waals surface area contributed by atoms with Crippen molar-refractivity contribution in [1.29, 1.82) is 0 Å². The second kappa shape index (κ2) is 7.58. The highest BCUT2D eigenvalue weighted by Crippen LogP contribution is 2.15. The van der Waals surface area contributed by atoms with Gasteiger partial charge in [-0.2, -0.15) is 0 Å². The molecule has 0 radical (unpaired) electrons. The number of para-hydroxylation sites is 1. The van der Waals surface area contributed by atoms with Gasteiger partial charge in [-0.1, -0.05) is 31.5 Å². The van der Waals surface area contributed by atoms with Crippen LogP contribution in [0.1, 0.15) is 26.2 Å². The second-order valence-corrected chi connectivity index (χ2v) is 4.97. The number of fused-ring (bicyclic) bond motifs is 1. The molecule has 4 heteroatoms. The molecule has 0 bridgehead atoms. The topological polar surface area (TPSA) is 55.3 Å². The molecule has 1 aromatic carbocycles. The van der Waals surface area contributed by atoms with E-state index in [-0.39, 0.29) is 0 Å². The van der Waals surface area contributed by atoms with Crippen LogP contribution in [0.25, 0.3) is 10.9 Å². The highest BCUT2D eigenvalue weighted by atomic mass is 15.1. The Labute approximate surface area is 120 Å². The number of aryl methyl sites for hydroxylation is 1. The highest BCUT2D eigenvalue weighted by Gasteiger charge is 1.99. The van der Waals surface area contributed by atoms with Crippen molar-refractivity contribution in [3.63, 3.8) is 0 Å². The highest BCUT2D eigenvalue weighted by molar-refractivity contribution is 5.80. The van der Waals surface area contributed by atoms with Crippen molar-refractivity contribution in [2.24, 2.45) is 10.7 Å². The lowest BCUT2D eigenvalue weighted by Crippen LogP contribution is -2.32. The lowest BCUT2D eigenvalue weighted by molar-refractivity contribution is 0.668. The summed E-state index contributed by atoms with van der Waals surface area (Å²) in [6, 6.07) is 10.6. The number of unbranched alkanes of at least 4 members (excludes halogenated alkanes) is 1. The van der Waals surface area contributed by atoms with Gasteiger partial charge >= 0.3 is 0 Å². The van der Waals surface area contributed by atoms with E-state index in [0.29, 0.717) is 5.96 Å². The van der Waals surface area contributed by atoms with Crippen molar-refractivity contribution in [2.45, 2.75) is 32.7 Å². The van der Waals surface area contributed by atoms with Gasteiger partial charge in [0.25, 0.3) is 0 Å². The number of rotatable bonds is 7. The molecule has 0 saturated heterocycles. The molecule has 2 aromatic rings. The monoisotopic (exact) mass is 272 g/mol. The fraction of sp³-hybridized carbons (Fsp3) is 0.438. The Hall–Kier alpha value is -1.97. The largest absolute Gasteiger partial charge is 0.370 e. The van der Waals surface area contributed by atoms with E-state index in [2.05, 4.69) is 58.3 Å². The van der Waals surface area contributed by atoms with Crippen molar-refractivity contribution in [2.75, 3.05) is 13.1 Å². The maximum Gasteiger partial charge on any atom is 0.188 e. The van der Waals surface area contributed by atoms with Gasteiger partial charge in [-0.15, -0.1) is 0 Å². The van der Waals surface area contributed by atoms with Gasteiger partial charge < -0.3 is 15.6 Å². The first-order valence-corrected chi connectivity index (χ1v) is 7.39. The summed E-state index contributed by atoms with van der Waals surface area (Å²) >= 11 is 0. The van der Waals surface area contributed by atoms with Gasteiger partial charge in [0.15, 0.2) is 5.96 Å². The SMILES string of the molecule is CCCCNC(N)=NCCCn1ccc2ccccc21. The van der Waals surface area contributed by atoms with Crippen LogP contribution in [0.2, 0.25) is 0 Å². The van der Waals surface area contributed by atoms with Crippen LogP contribution < -0.4 is 11.1 Å². The maximum atomic E-state index is 5.80. The first-order valence-electron chi connectivity index (χ1n) is 7.39. The van der Waals surface area contributed by atoms with Crippen LogP contribution >= 0.6 is 0 Å². The lowest BCUT2D eigenvalue weighted by Gasteiger charge is -2.06. The lowest BCUT2D eigenvalue weighted by atomic mass is 10.2. The summed E-state index contributed by atoms with van der Waals surface area (Å²) in [4.78, 5) is 4.35. The molecule has 0 spiro atoms. The Balaban J connectivity index is 1.77. The zero-order valence-electron chi connectivity index (χ0n) is 12.2. The Morgan fingerprint density at radius 3 is 2.95 bits per heavy atom. The first-order chi connectivity index (χ1) is 9.81. The fourth-order valence-electron chi connectivity index (χ4n) is 2.23. The van der Waals surface area contributed by atoms with Crippen LogP contribution in [-0.4, -0.2) is 23.6 Å². The van der Waals surface area contributed by atoms with Crippen molar-refractivity contribution in [3.05, 3.63) is 36.5 Å². The third-order valence-corrected chi connectivity index (χ3v) is 3.36. The van der Waals surface area contributed by atoms with Gasteiger partial charge in [0.05, 0.1) is 0 Å². The number of nitrogens with two attached hydrogens (primary N) is 1. The predicted octanol–water partition coefficient (Wildman–Crippen LogP) is 2.74. The number of hydrogen-bond acceptors (Lipinski definition) is 1. The molecule has 0 amide bonds. The van der Waals surface area contributed by atoms with Gasteiger partial charge in [0, 0.05) is 31.3 Å². The van der Waals surface area contributed by atoms with E-state index in [0.717, 1.165) is 32.5 Å². The molecule has 20 heavy (non-hydrogen) atoms. The van der Waals surface area contributed by atoms with E-state index in [9.17, 15) is 0 Å². The molecular formula is C16H24N4. The molecule has 0 aliphatic carbocycles. The zero-order valence-corrected chi connectivity index (χ0v) is 12.2. The molecule has 0 aliphatic rings. The van der Waals surface area contributed by atoms with E-state index in [1.807, 2.05) is 0 Å². The zero-order chi connectivity index (χ0) is 14.2.